The number of carbonyl (C=O) groups excluding carboxylic acids is 1. The molecule has 3 aromatic rings. The van der Waals surface area contributed by atoms with Crippen LogP contribution in [0.1, 0.15) is 21.1 Å². The van der Waals surface area contributed by atoms with Gasteiger partial charge in [-0.25, -0.2) is 4.98 Å². The molecule has 0 unspecified atom stereocenters. The molecule has 0 spiro atoms. The summed E-state index contributed by atoms with van der Waals surface area (Å²) in [6.07, 6.45) is 0. The Morgan fingerprint density at radius 3 is 2.73 bits per heavy atom. The van der Waals surface area contributed by atoms with Crippen LogP contribution in [0.3, 0.4) is 0 Å². The number of amides is 1. The predicted molar refractivity (Wildman–Crippen MR) is 90.7 cm³/mol. The van der Waals surface area contributed by atoms with E-state index in [1.165, 1.54) is 11.3 Å². The van der Waals surface area contributed by atoms with Crippen LogP contribution in [0.25, 0.3) is 0 Å². The summed E-state index contributed by atoms with van der Waals surface area (Å²) in [5, 5.41) is 13.9. The number of thiazole rings is 1. The third kappa shape index (κ3) is 3.90. The molecule has 22 heavy (non-hydrogen) atoms. The third-order valence-electron chi connectivity index (χ3n) is 2.73. The van der Waals surface area contributed by atoms with Crippen LogP contribution in [0.5, 0.6) is 0 Å². The van der Waals surface area contributed by atoms with E-state index in [4.69, 9.17) is 0 Å². The minimum Gasteiger partial charge on any atom is -0.296 e. The van der Waals surface area contributed by atoms with Crippen molar-refractivity contribution in [2.45, 2.75) is 17.6 Å². The fourth-order valence-electron chi connectivity index (χ4n) is 1.68. The average molecular weight is 348 g/mol. The molecule has 0 atom stereocenters. The van der Waals surface area contributed by atoms with Gasteiger partial charge < -0.3 is 0 Å². The summed E-state index contributed by atoms with van der Waals surface area (Å²) in [6, 6.07) is 7.51. The van der Waals surface area contributed by atoms with Gasteiger partial charge in [0.2, 0.25) is 5.13 Å². The number of hydrogen-bond acceptors (Lipinski definition) is 7. The van der Waals surface area contributed by atoms with Crippen LogP contribution >= 0.6 is 34.4 Å². The highest BCUT2D eigenvalue weighted by Crippen LogP contribution is 2.23. The van der Waals surface area contributed by atoms with E-state index >= 15 is 0 Å². The lowest BCUT2D eigenvalue weighted by atomic mass is 10.2. The molecule has 112 valence electrons. The zero-order chi connectivity index (χ0) is 15.4. The Labute approximate surface area is 139 Å². The first kappa shape index (κ1) is 15.1. The van der Waals surface area contributed by atoms with E-state index in [2.05, 4.69) is 20.5 Å². The highest BCUT2D eigenvalue weighted by atomic mass is 32.2. The summed E-state index contributed by atoms with van der Waals surface area (Å²) < 4.78 is 0. The van der Waals surface area contributed by atoms with Gasteiger partial charge in [0.1, 0.15) is 5.01 Å². The zero-order valence-electron chi connectivity index (χ0n) is 11.6. The highest BCUT2D eigenvalue weighted by Gasteiger charge is 2.09. The molecule has 1 aromatic carbocycles. The number of nitrogens with zero attached hydrogens (tertiary/aromatic N) is 3. The second-order valence-electron chi connectivity index (χ2n) is 4.37. The van der Waals surface area contributed by atoms with Crippen LogP contribution in [-0.4, -0.2) is 21.1 Å². The number of aryl methyl sites for hydroxylation is 1. The molecule has 2 aromatic heterocycles. The van der Waals surface area contributed by atoms with Crippen molar-refractivity contribution in [1.82, 2.24) is 15.2 Å². The van der Waals surface area contributed by atoms with Gasteiger partial charge in [0.05, 0.1) is 11.2 Å². The number of thioether (sulfide) groups is 1. The van der Waals surface area contributed by atoms with E-state index in [1.807, 2.05) is 42.1 Å². The van der Waals surface area contributed by atoms with E-state index in [0.717, 1.165) is 21.3 Å². The average Bonchev–Trinajstić information content (AvgIpc) is 3.17. The molecular formula is C14H12N4OS3. The van der Waals surface area contributed by atoms with Gasteiger partial charge in [0, 0.05) is 21.6 Å². The monoisotopic (exact) mass is 348 g/mol. The molecular weight excluding hydrogens is 336 g/mol. The number of anilines is 1. The SMILES string of the molecule is Cc1nnc(NC(=O)c2ccc(SCc3cscn3)cc2)s1. The van der Waals surface area contributed by atoms with Crippen molar-refractivity contribution in [1.29, 1.82) is 0 Å². The first-order chi connectivity index (χ1) is 10.7. The standard InChI is InChI=1S/C14H12N4OS3/c1-9-17-18-14(22-9)16-13(19)10-2-4-12(5-3-10)21-7-11-6-20-8-15-11/h2-6,8H,7H2,1H3,(H,16,18,19). The van der Waals surface area contributed by atoms with Crippen molar-refractivity contribution < 1.29 is 4.79 Å². The number of nitrogens with one attached hydrogen (secondary N) is 1. The van der Waals surface area contributed by atoms with Crippen LogP contribution in [0, 0.1) is 6.92 Å². The molecule has 1 N–H and O–H groups in total. The fraction of sp³-hybridized carbons (Fsp3) is 0.143. The largest absolute Gasteiger partial charge is 0.296 e. The normalized spacial score (nSPS) is 10.6. The summed E-state index contributed by atoms with van der Waals surface area (Å²) in [4.78, 5) is 17.4. The highest BCUT2D eigenvalue weighted by molar-refractivity contribution is 7.98. The lowest BCUT2D eigenvalue weighted by molar-refractivity contribution is 0.102. The van der Waals surface area contributed by atoms with Crippen molar-refractivity contribution in [3.05, 3.63) is 51.4 Å². The number of hydrogen-bond donors (Lipinski definition) is 1. The molecule has 0 fully saturated rings. The van der Waals surface area contributed by atoms with E-state index in [0.29, 0.717) is 10.7 Å². The van der Waals surface area contributed by atoms with Gasteiger partial charge in [-0.2, -0.15) is 0 Å². The Hall–Kier alpha value is -1.77. The fourth-order valence-corrected chi connectivity index (χ4v) is 3.74. The lowest BCUT2D eigenvalue weighted by Gasteiger charge is -2.03. The first-order valence-electron chi connectivity index (χ1n) is 6.42. The first-order valence-corrected chi connectivity index (χ1v) is 9.16. The van der Waals surface area contributed by atoms with Crippen molar-refractivity contribution >= 4 is 45.5 Å². The molecule has 0 radical (unpaired) electrons. The Balaban J connectivity index is 1.59. The van der Waals surface area contributed by atoms with E-state index in [9.17, 15) is 4.79 Å². The maximum absolute atomic E-state index is 12.1. The Kier molecular flexibility index (Phi) is 4.81. The minimum absolute atomic E-state index is 0.174. The zero-order valence-corrected chi connectivity index (χ0v) is 14.1. The Morgan fingerprint density at radius 2 is 2.09 bits per heavy atom. The van der Waals surface area contributed by atoms with Gasteiger partial charge in [-0.05, 0) is 31.2 Å². The number of carbonyl (C=O) groups is 1. The lowest BCUT2D eigenvalue weighted by Crippen LogP contribution is -2.11. The molecule has 0 saturated heterocycles. The van der Waals surface area contributed by atoms with Gasteiger partial charge in [0.15, 0.2) is 0 Å². The molecule has 0 bridgehead atoms. The van der Waals surface area contributed by atoms with Gasteiger partial charge >= 0.3 is 0 Å². The van der Waals surface area contributed by atoms with Crippen molar-refractivity contribution in [3.8, 4) is 0 Å². The molecule has 8 heteroatoms. The molecule has 0 saturated carbocycles. The molecule has 0 aliphatic heterocycles. The second kappa shape index (κ2) is 6.99. The van der Waals surface area contributed by atoms with Gasteiger partial charge in [-0.3, -0.25) is 10.1 Å². The third-order valence-corrected chi connectivity index (χ3v) is 5.17. The van der Waals surface area contributed by atoms with Gasteiger partial charge in [0.25, 0.3) is 5.91 Å². The number of rotatable bonds is 5. The van der Waals surface area contributed by atoms with E-state index in [1.54, 1.807) is 23.1 Å². The van der Waals surface area contributed by atoms with Crippen LogP contribution in [0.4, 0.5) is 5.13 Å². The summed E-state index contributed by atoms with van der Waals surface area (Å²) in [6.45, 7) is 1.85. The van der Waals surface area contributed by atoms with Gasteiger partial charge in [-0.1, -0.05) is 11.3 Å². The quantitative estimate of drug-likeness (QED) is 0.709. The van der Waals surface area contributed by atoms with Gasteiger partial charge in [-0.15, -0.1) is 33.3 Å². The molecule has 2 heterocycles. The van der Waals surface area contributed by atoms with Crippen LogP contribution in [0.2, 0.25) is 0 Å². The minimum atomic E-state index is -0.174. The molecule has 1 amide bonds. The smallest absolute Gasteiger partial charge is 0.257 e. The van der Waals surface area contributed by atoms with Crippen molar-refractivity contribution in [3.63, 3.8) is 0 Å². The molecule has 3 rings (SSSR count). The summed E-state index contributed by atoms with van der Waals surface area (Å²) in [7, 11) is 0. The maximum atomic E-state index is 12.1. The second-order valence-corrected chi connectivity index (χ2v) is 7.32. The number of benzene rings is 1. The van der Waals surface area contributed by atoms with Crippen LogP contribution < -0.4 is 5.32 Å². The summed E-state index contributed by atoms with van der Waals surface area (Å²) in [5.74, 6) is 0.659. The molecule has 0 aliphatic rings. The van der Waals surface area contributed by atoms with Crippen molar-refractivity contribution in [2.24, 2.45) is 0 Å². The predicted octanol–water partition coefficient (Wildman–Crippen LogP) is 3.85. The Bertz CT molecular complexity index is 753. The van der Waals surface area contributed by atoms with Crippen molar-refractivity contribution in [2.75, 3.05) is 5.32 Å². The summed E-state index contributed by atoms with van der Waals surface area (Å²) >= 11 is 4.65. The maximum Gasteiger partial charge on any atom is 0.257 e. The Morgan fingerprint density at radius 1 is 1.27 bits per heavy atom. The van der Waals surface area contributed by atoms with Crippen LogP contribution in [0.15, 0.2) is 40.1 Å². The van der Waals surface area contributed by atoms with E-state index in [-0.39, 0.29) is 5.91 Å². The number of aromatic nitrogens is 3. The van der Waals surface area contributed by atoms with E-state index < -0.39 is 0 Å². The topological polar surface area (TPSA) is 67.8 Å². The summed E-state index contributed by atoms with van der Waals surface area (Å²) in [5.41, 5.74) is 3.51. The molecule has 5 nitrogen and oxygen atoms in total. The van der Waals surface area contributed by atoms with Crippen LogP contribution in [-0.2, 0) is 5.75 Å². The molecule has 0 aliphatic carbocycles.